The predicted molar refractivity (Wildman–Crippen MR) is 76.7 cm³/mol. The van der Waals surface area contributed by atoms with Crippen LogP contribution in [-0.4, -0.2) is 23.2 Å². The Morgan fingerprint density at radius 2 is 2.16 bits per heavy atom. The monoisotopic (exact) mass is 323 g/mol. The number of H-pyrrole nitrogens is 1. The maximum absolute atomic E-state index is 12.3. The third kappa shape index (κ3) is 2.78. The van der Waals surface area contributed by atoms with Gasteiger partial charge in [-0.05, 0) is 48.0 Å². The first kappa shape index (κ1) is 13.6. The summed E-state index contributed by atoms with van der Waals surface area (Å²) in [5.74, 6) is 0.423. The maximum atomic E-state index is 12.3. The molecule has 0 aliphatic carbocycles. The molecule has 0 radical (unpaired) electrons. The number of amides is 1. The van der Waals surface area contributed by atoms with E-state index in [9.17, 15) is 4.79 Å². The van der Waals surface area contributed by atoms with E-state index >= 15 is 0 Å². The number of rotatable bonds is 3. The van der Waals surface area contributed by atoms with Crippen LogP contribution in [0.1, 0.15) is 21.7 Å². The largest absolute Gasteiger partial charge is 0.497 e. The highest BCUT2D eigenvalue weighted by Crippen LogP contribution is 2.24. The lowest BCUT2D eigenvalue weighted by molar-refractivity contribution is 0.102. The molecule has 0 unspecified atom stereocenters. The van der Waals surface area contributed by atoms with Crippen molar-refractivity contribution in [3.8, 4) is 5.75 Å². The van der Waals surface area contributed by atoms with Crippen molar-refractivity contribution in [2.45, 2.75) is 13.8 Å². The maximum Gasteiger partial charge on any atom is 0.257 e. The van der Waals surface area contributed by atoms with Gasteiger partial charge in [-0.3, -0.25) is 9.89 Å². The number of aromatic amines is 1. The van der Waals surface area contributed by atoms with E-state index < -0.39 is 0 Å². The zero-order valence-corrected chi connectivity index (χ0v) is 12.5. The molecule has 6 heteroatoms. The highest BCUT2D eigenvalue weighted by atomic mass is 79.9. The standard InChI is InChI=1S/C13H14BrN3O2/c1-7-12(8(2)17-16-7)15-13(18)10-6-9(19-3)4-5-11(10)14/h4-6H,1-3H3,(H,15,18)(H,16,17). The highest BCUT2D eigenvalue weighted by molar-refractivity contribution is 9.10. The van der Waals surface area contributed by atoms with E-state index in [4.69, 9.17) is 4.74 Å². The molecule has 0 aliphatic rings. The molecule has 2 rings (SSSR count). The van der Waals surface area contributed by atoms with Crippen molar-refractivity contribution >= 4 is 27.5 Å². The van der Waals surface area contributed by atoms with Crippen LogP contribution in [0.25, 0.3) is 0 Å². The number of anilines is 1. The van der Waals surface area contributed by atoms with Crippen molar-refractivity contribution in [3.05, 3.63) is 39.6 Å². The summed E-state index contributed by atoms with van der Waals surface area (Å²) in [4.78, 5) is 12.3. The minimum Gasteiger partial charge on any atom is -0.497 e. The molecule has 19 heavy (non-hydrogen) atoms. The number of halogens is 1. The Kier molecular flexibility index (Phi) is 3.90. The molecule has 100 valence electrons. The minimum absolute atomic E-state index is 0.210. The Hall–Kier alpha value is -1.82. The lowest BCUT2D eigenvalue weighted by Crippen LogP contribution is -2.13. The summed E-state index contributed by atoms with van der Waals surface area (Å²) in [6, 6.07) is 5.25. The topological polar surface area (TPSA) is 67.0 Å². The Bertz CT molecular complexity index is 603. The van der Waals surface area contributed by atoms with Gasteiger partial charge in [-0.1, -0.05) is 0 Å². The smallest absolute Gasteiger partial charge is 0.257 e. The zero-order valence-electron chi connectivity index (χ0n) is 10.9. The van der Waals surface area contributed by atoms with Crippen LogP contribution in [0.5, 0.6) is 5.75 Å². The molecule has 1 amide bonds. The molecule has 0 atom stereocenters. The summed E-state index contributed by atoms with van der Waals surface area (Å²) in [6.45, 7) is 3.69. The van der Waals surface area contributed by atoms with Gasteiger partial charge in [0.05, 0.1) is 29.7 Å². The lowest BCUT2D eigenvalue weighted by Gasteiger charge is -2.08. The number of hydrogen-bond donors (Lipinski definition) is 2. The first-order chi connectivity index (χ1) is 9.02. The molecule has 2 N–H and O–H groups in total. The van der Waals surface area contributed by atoms with Gasteiger partial charge in [0, 0.05) is 4.47 Å². The molecule has 1 aromatic carbocycles. The fraction of sp³-hybridized carbons (Fsp3) is 0.231. The van der Waals surface area contributed by atoms with E-state index in [1.165, 1.54) is 0 Å². The van der Waals surface area contributed by atoms with Crippen molar-refractivity contribution in [3.63, 3.8) is 0 Å². The van der Waals surface area contributed by atoms with E-state index in [2.05, 4.69) is 31.4 Å². The summed E-state index contributed by atoms with van der Waals surface area (Å²) in [5, 5.41) is 9.72. The van der Waals surface area contributed by atoms with Crippen molar-refractivity contribution < 1.29 is 9.53 Å². The fourth-order valence-corrected chi connectivity index (χ4v) is 2.15. The van der Waals surface area contributed by atoms with E-state index in [0.29, 0.717) is 21.5 Å². The molecule has 1 heterocycles. The van der Waals surface area contributed by atoms with Gasteiger partial charge in [0.2, 0.25) is 0 Å². The molecule has 0 saturated heterocycles. The van der Waals surface area contributed by atoms with Gasteiger partial charge >= 0.3 is 0 Å². The normalized spacial score (nSPS) is 10.3. The fourth-order valence-electron chi connectivity index (χ4n) is 1.72. The van der Waals surface area contributed by atoms with Gasteiger partial charge in [0.25, 0.3) is 5.91 Å². The molecule has 0 spiro atoms. The number of carbonyl (C=O) groups is 1. The summed E-state index contributed by atoms with van der Waals surface area (Å²) in [6.07, 6.45) is 0. The number of aryl methyl sites for hydroxylation is 2. The summed E-state index contributed by atoms with van der Waals surface area (Å²) in [5.41, 5.74) is 2.80. The Morgan fingerprint density at radius 1 is 1.42 bits per heavy atom. The van der Waals surface area contributed by atoms with Gasteiger partial charge in [0.15, 0.2) is 0 Å². The van der Waals surface area contributed by atoms with E-state index in [-0.39, 0.29) is 5.91 Å². The van der Waals surface area contributed by atoms with Crippen molar-refractivity contribution in [2.75, 3.05) is 12.4 Å². The van der Waals surface area contributed by atoms with Gasteiger partial charge in [-0.2, -0.15) is 5.10 Å². The van der Waals surface area contributed by atoms with Crippen LogP contribution in [0.2, 0.25) is 0 Å². The molecule has 0 saturated carbocycles. The van der Waals surface area contributed by atoms with Crippen LogP contribution < -0.4 is 10.1 Å². The number of methoxy groups -OCH3 is 1. The van der Waals surface area contributed by atoms with Gasteiger partial charge in [-0.15, -0.1) is 0 Å². The second kappa shape index (κ2) is 5.44. The molecule has 1 aromatic heterocycles. The molecule has 0 aliphatic heterocycles. The van der Waals surface area contributed by atoms with Crippen LogP contribution in [0.3, 0.4) is 0 Å². The van der Waals surface area contributed by atoms with Crippen LogP contribution in [0, 0.1) is 13.8 Å². The van der Waals surface area contributed by atoms with Gasteiger partial charge in [-0.25, -0.2) is 0 Å². The van der Waals surface area contributed by atoms with Crippen molar-refractivity contribution in [2.24, 2.45) is 0 Å². The number of benzene rings is 1. The minimum atomic E-state index is -0.210. The van der Waals surface area contributed by atoms with Crippen LogP contribution in [0.15, 0.2) is 22.7 Å². The molecular weight excluding hydrogens is 310 g/mol. The average Bonchev–Trinajstić information content (AvgIpc) is 2.71. The highest BCUT2D eigenvalue weighted by Gasteiger charge is 2.15. The van der Waals surface area contributed by atoms with Crippen LogP contribution in [0.4, 0.5) is 5.69 Å². The van der Waals surface area contributed by atoms with Gasteiger partial charge in [0.1, 0.15) is 5.75 Å². The van der Waals surface area contributed by atoms with Crippen LogP contribution >= 0.6 is 15.9 Å². The van der Waals surface area contributed by atoms with E-state index in [1.807, 2.05) is 13.8 Å². The average molecular weight is 324 g/mol. The SMILES string of the molecule is COc1ccc(Br)c(C(=O)Nc2c(C)n[nH]c2C)c1. The van der Waals surface area contributed by atoms with E-state index in [0.717, 1.165) is 11.4 Å². The Balaban J connectivity index is 2.30. The number of carbonyl (C=O) groups excluding carboxylic acids is 1. The Labute approximate surface area is 119 Å². The predicted octanol–water partition coefficient (Wildman–Crippen LogP) is 3.05. The number of ether oxygens (including phenoxy) is 1. The first-order valence-electron chi connectivity index (χ1n) is 5.69. The number of nitrogens with zero attached hydrogens (tertiary/aromatic N) is 1. The Morgan fingerprint density at radius 3 is 2.74 bits per heavy atom. The lowest BCUT2D eigenvalue weighted by atomic mass is 10.2. The van der Waals surface area contributed by atoms with Crippen LogP contribution in [-0.2, 0) is 0 Å². The summed E-state index contributed by atoms with van der Waals surface area (Å²) >= 11 is 3.36. The summed E-state index contributed by atoms with van der Waals surface area (Å²) in [7, 11) is 1.56. The molecule has 2 aromatic rings. The van der Waals surface area contributed by atoms with Gasteiger partial charge < -0.3 is 10.1 Å². The molecular formula is C13H14BrN3O2. The number of aromatic nitrogens is 2. The molecule has 0 bridgehead atoms. The quantitative estimate of drug-likeness (QED) is 0.912. The molecule has 5 nitrogen and oxygen atoms in total. The second-order valence-corrected chi connectivity index (χ2v) is 4.96. The third-order valence-corrected chi connectivity index (χ3v) is 3.48. The third-order valence-electron chi connectivity index (χ3n) is 2.78. The number of hydrogen-bond acceptors (Lipinski definition) is 3. The second-order valence-electron chi connectivity index (χ2n) is 4.11. The van der Waals surface area contributed by atoms with E-state index in [1.54, 1.807) is 25.3 Å². The summed E-state index contributed by atoms with van der Waals surface area (Å²) < 4.78 is 5.84. The van der Waals surface area contributed by atoms with Crippen molar-refractivity contribution in [1.29, 1.82) is 0 Å². The zero-order chi connectivity index (χ0) is 14.0. The number of nitrogens with one attached hydrogen (secondary N) is 2. The van der Waals surface area contributed by atoms with Crippen molar-refractivity contribution in [1.82, 2.24) is 10.2 Å². The molecule has 0 fully saturated rings. The first-order valence-corrected chi connectivity index (χ1v) is 6.48.